The summed E-state index contributed by atoms with van der Waals surface area (Å²) < 4.78 is 10.9. The molecule has 2 aromatic rings. The Bertz CT molecular complexity index is 728. The fourth-order valence-electron chi connectivity index (χ4n) is 3.40. The van der Waals surface area contributed by atoms with Gasteiger partial charge in [-0.1, -0.05) is 18.2 Å². The average Bonchev–Trinajstić information content (AvgIpc) is 2.45. The summed E-state index contributed by atoms with van der Waals surface area (Å²) in [7, 11) is 0. The summed E-state index contributed by atoms with van der Waals surface area (Å²) in [5.41, 5.74) is 0.387. The molecule has 2 bridgehead atoms. The molecule has 0 unspecified atom stereocenters. The Morgan fingerprint density at radius 3 is 2.61 bits per heavy atom. The fraction of sp³-hybridized carbons (Fsp3) is 0.389. The predicted octanol–water partition coefficient (Wildman–Crippen LogP) is 3.50. The highest BCUT2D eigenvalue weighted by atomic mass is 16.5. The zero-order valence-corrected chi connectivity index (χ0v) is 13.0. The summed E-state index contributed by atoms with van der Waals surface area (Å²) in [5.74, 6) is 2.09. The summed E-state index contributed by atoms with van der Waals surface area (Å²) in [6.45, 7) is 2.07. The summed E-state index contributed by atoms with van der Waals surface area (Å²) in [4.78, 5) is 21.1. The van der Waals surface area contributed by atoms with Gasteiger partial charge in [0.05, 0.1) is 6.61 Å². The minimum atomic E-state index is -0.456. The third-order valence-electron chi connectivity index (χ3n) is 4.72. The van der Waals surface area contributed by atoms with Crippen molar-refractivity contribution in [3.05, 3.63) is 47.9 Å². The van der Waals surface area contributed by atoms with E-state index >= 15 is 0 Å². The van der Waals surface area contributed by atoms with Crippen LogP contribution < -0.4 is 4.74 Å². The van der Waals surface area contributed by atoms with Gasteiger partial charge in [0, 0.05) is 11.6 Å². The first-order valence-electron chi connectivity index (χ1n) is 7.98. The lowest BCUT2D eigenvalue weighted by Gasteiger charge is -2.60. The van der Waals surface area contributed by atoms with Crippen LogP contribution in [0.4, 0.5) is 0 Å². The number of esters is 1. The van der Waals surface area contributed by atoms with Crippen LogP contribution in [0.2, 0.25) is 0 Å². The Morgan fingerprint density at radius 2 is 2.00 bits per heavy atom. The van der Waals surface area contributed by atoms with Crippen molar-refractivity contribution < 1.29 is 14.3 Å². The Hall–Kier alpha value is -2.43. The maximum Gasteiger partial charge on any atom is 0.345 e. The van der Waals surface area contributed by atoms with Crippen molar-refractivity contribution in [2.24, 2.45) is 5.92 Å². The largest absolute Gasteiger partial charge is 0.462 e. The maximum atomic E-state index is 12.1. The molecule has 3 aliphatic carbocycles. The lowest BCUT2D eigenvalue weighted by molar-refractivity contribution is -0.0349. The number of aromatic nitrogens is 2. The number of hydrogen-bond donors (Lipinski definition) is 0. The molecule has 1 heterocycles. The van der Waals surface area contributed by atoms with E-state index in [4.69, 9.17) is 9.47 Å². The molecule has 0 atom stereocenters. The van der Waals surface area contributed by atoms with Crippen LogP contribution in [0.5, 0.6) is 11.6 Å². The lowest BCUT2D eigenvalue weighted by atomic mass is 9.44. The van der Waals surface area contributed by atoms with Crippen LogP contribution in [0.15, 0.2) is 36.5 Å². The smallest absolute Gasteiger partial charge is 0.345 e. The zero-order valence-electron chi connectivity index (χ0n) is 13.0. The molecule has 23 heavy (non-hydrogen) atoms. The monoisotopic (exact) mass is 310 g/mol. The number of nitrogens with zero attached hydrogens (tertiary/aromatic N) is 2. The van der Waals surface area contributed by atoms with E-state index in [0.29, 0.717) is 12.4 Å². The van der Waals surface area contributed by atoms with Crippen molar-refractivity contribution in [1.29, 1.82) is 0 Å². The fourth-order valence-corrected chi connectivity index (χ4v) is 3.40. The SMILES string of the molecule is CCOC(=O)c1cnc(C23CC(C2)C3)nc1Oc1ccccc1. The summed E-state index contributed by atoms with van der Waals surface area (Å²) in [5, 5.41) is 0. The average molecular weight is 310 g/mol. The molecule has 3 fully saturated rings. The number of rotatable bonds is 5. The lowest BCUT2D eigenvalue weighted by Crippen LogP contribution is -2.56. The molecular weight excluding hydrogens is 292 g/mol. The molecule has 1 aromatic carbocycles. The van der Waals surface area contributed by atoms with Crippen LogP contribution in [-0.4, -0.2) is 22.5 Å². The van der Waals surface area contributed by atoms with Gasteiger partial charge < -0.3 is 9.47 Å². The molecule has 0 amide bonds. The molecule has 0 saturated heterocycles. The molecule has 5 nitrogen and oxygen atoms in total. The minimum absolute atomic E-state index is 0.118. The Balaban J connectivity index is 1.69. The first-order chi connectivity index (χ1) is 11.2. The number of carbonyl (C=O) groups excluding carboxylic acids is 1. The third-order valence-corrected chi connectivity index (χ3v) is 4.72. The first-order valence-corrected chi connectivity index (χ1v) is 7.98. The normalized spacial score (nSPS) is 24.3. The van der Waals surface area contributed by atoms with Crippen LogP contribution in [-0.2, 0) is 10.2 Å². The number of benzene rings is 1. The van der Waals surface area contributed by atoms with Gasteiger partial charge in [-0.15, -0.1) is 0 Å². The molecule has 5 rings (SSSR count). The molecule has 118 valence electrons. The van der Waals surface area contributed by atoms with Gasteiger partial charge in [0.2, 0.25) is 5.88 Å². The maximum absolute atomic E-state index is 12.1. The number of ether oxygens (including phenoxy) is 2. The van der Waals surface area contributed by atoms with E-state index < -0.39 is 5.97 Å². The Labute approximate surface area is 134 Å². The van der Waals surface area contributed by atoms with Crippen molar-refractivity contribution in [2.45, 2.75) is 31.6 Å². The van der Waals surface area contributed by atoms with Gasteiger partial charge in [-0.05, 0) is 44.2 Å². The summed E-state index contributed by atoms with van der Waals surface area (Å²) in [6, 6.07) is 9.33. The highest BCUT2D eigenvalue weighted by molar-refractivity contribution is 5.91. The van der Waals surface area contributed by atoms with E-state index in [1.165, 1.54) is 0 Å². The Kier molecular flexibility index (Phi) is 3.29. The van der Waals surface area contributed by atoms with Crippen molar-refractivity contribution in [2.75, 3.05) is 6.61 Å². The highest BCUT2D eigenvalue weighted by Gasteiger charge is 2.59. The number of carbonyl (C=O) groups is 1. The standard InChI is InChI=1S/C18H18N2O3/c1-2-22-16(21)14-11-19-17(18-8-12(9-18)10-18)20-15(14)23-13-6-4-3-5-7-13/h3-7,11-12H,2,8-10H2,1H3. The van der Waals surface area contributed by atoms with E-state index in [9.17, 15) is 4.79 Å². The van der Waals surface area contributed by atoms with Gasteiger partial charge >= 0.3 is 5.97 Å². The van der Waals surface area contributed by atoms with E-state index in [1.807, 2.05) is 30.3 Å². The second-order valence-corrected chi connectivity index (χ2v) is 6.31. The van der Waals surface area contributed by atoms with Gasteiger partial charge in [0.15, 0.2) is 0 Å². The van der Waals surface area contributed by atoms with Gasteiger partial charge in [-0.25, -0.2) is 9.78 Å². The quantitative estimate of drug-likeness (QED) is 0.791. The van der Waals surface area contributed by atoms with Gasteiger partial charge in [0.1, 0.15) is 17.1 Å². The van der Waals surface area contributed by atoms with Gasteiger partial charge in [-0.3, -0.25) is 0 Å². The molecule has 0 N–H and O–H groups in total. The van der Waals surface area contributed by atoms with E-state index in [-0.39, 0.29) is 16.9 Å². The molecule has 0 radical (unpaired) electrons. The molecule has 1 aromatic heterocycles. The van der Waals surface area contributed by atoms with Crippen LogP contribution in [0.3, 0.4) is 0 Å². The van der Waals surface area contributed by atoms with Crippen molar-refractivity contribution in [1.82, 2.24) is 9.97 Å². The second kappa shape index (κ2) is 5.33. The van der Waals surface area contributed by atoms with Gasteiger partial charge in [-0.2, -0.15) is 4.98 Å². The summed E-state index contributed by atoms with van der Waals surface area (Å²) in [6.07, 6.45) is 4.99. The van der Waals surface area contributed by atoms with E-state index in [0.717, 1.165) is 31.0 Å². The van der Waals surface area contributed by atoms with Crippen molar-refractivity contribution in [3.63, 3.8) is 0 Å². The van der Waals surface area contributed by atoms with E-state index in [1.54, 1.807) is 13.1 Å². The molecule has 5 heteroatoms. The van der Waals surface area contributed by atoms with Crippen LogP contribution >= 0.6 is 0 Å². The molecular formula is C18H18N2O3. The second-order valence-electron chi connectivity index (χ2n) is 6.31. The van der Waals surface area contributed by atoms with Crippen molar-refractivity contribution in [3.8, 4) is 11.6 Å². The first kappa shape index (κ1) is 14.2. The van der Waals surface area contributed by atoms with Crippen molar-refractivity contribution >= 4 is 5.97 Å². The number of para-hydroxylation sites is 1. The predicted molar refractivity (Wildman–Crippen MR) is 83.5 cm³/mol. The van der Waals surface area contributed by atoms with Gasteiger partial charge in [0.25, 0.3) is 0 Å². The molecule has 0 spiro atoms. The Morgan fingerprint density at radius 1 is 1.26 bits per heavy atom. The zero-order chi connectivity index (χ0) is 15.9. The number of hydrogen-bond acceptors (Lipinski definition) is 5. The highest BCUT2D eigenvalue weighted by Crippen LogP contribution is 2.64. The third kappa shape index (κ3) is 2.36. The minimum Gasteiger partial charge on any atom is -0.462 e. The van der Waals surface area contributed by atoms with E-state index in [2.05, 4.69) is 9.97 Å². The molecule has 3 aliphatic rings. The molecule has 3 saturated carbocycles. The topological polar surface area (TPSA) is 61.3 Å². The van der Waals surface area contributed by atoms with Crippen LogP contribution in [0.1, 0.15) is 42.4 Å². The molecule has 0 aliphatic heterocycles. The summed E-state index contributed by atoms with van der Waals surface area (Å²) >= 11 is 0. The van der Waals surface area contributed by atoms with Crippen LogP contribution in [0, 0.1) is 5.92 Å². The van der Waals surface area contributed by atoms with Crippen LogP contribution in [0.25, 0.3) is 0 Å².